The van der Waals surface area contributed by atoms with Crippen molar-refractivity contribution in [2.24, 2.45) is 0 Å². The highest BCUT2D eigenvalue weighted by Crippen LogP contribution is 2.23. The molecule has 110 valence electrons. The first-order valence-electron chi connectivity index (χ1n) is 7.65. The van der Waals surface area contributed by atoms with Crippen LogP contribution in [0.1, 0.15) is 23.2 Å². The number of fused-ring (bicyclic) bond motifs is 1. The van der Waals surface area contributed by atoms with Crippen LogP contribution < -0.4 is 0 Å². The van der Waals surface area contributed by atoms with Gasteiger partial charge in [0.25, 0.3) is 5.91 Å². The summed E-state index contributed by atoms with van der Waals surface area (Å²) in [6.45, 7) is 1.77. The Morgan fingerprint density at radius 3 is 2.59 bits per heavy atom. The smallest absolute Gasteiger partial charge is 0.253 e. The van der Waals surface area contributed by atoms with Gasteiger partial charge in [-0.05, 0) is 48.7 Å². The average Bonchev–Trinajstić information content (AvgIpc) is 3.23. The van der Waals surface area contributed by atoms with Gasteiger partial charge in [0.05, 0.1) is 0 Å². The number of hydrogen-bond donors (Lipinski definition) is 1. The maximum atomic E-state index is 12.3. The molecular weight excluding hydrogens is 274 g/mol. The molecule has 1 aliphatic heterocycles. The fraction of sp³-hybridized carbons (Fsp3) is 0.222. The normalized spacial score (nSPS) is 14.6. The van der Waals surface area contributed by atoms with Crippen LogP contribution in [0, 0.1) is 0 Å². The van der Waals surface area contributed by atoms with E-state index in [1.54, 1.807) is 6.20 Å². The van der Waals surface area contributed by atoms with Crippen molar-refractivity contribution >= 4 is 16.9 Å². The molecule has 3 aromatic rings. The first-order valence-corrected chi connectivity index (χ1v) is 7.65. The van der Waals surface area contributed by atoms with Crippen molar-refractivity contribution in [3.63, 3.8) is 0 Å². The summed E-state index contributed by atoms with van der Waals surface area (Å²) in [6, 6.07) is 13.9. The van der Waals surface area contributed by atoms with E-state index >= 15 is 0 Å². The van der Waals surface area contributed by atoms with Crippen molar-refractivity contribution < 1.29 is 4.79 Å². The number of nitrogens with one attached hydrogen (secondary N) is 1. The SMILES string of the molecule is O=C(c1ccc(-c2cc3cccnc3[nH]2)cc1)N1CCCC1. The van der Waals surface area contributed by atoms with Crippen LogP contribution in [0.4, 0.5) is 0 Å². The molecular formula is C18H17N3O. The van der Waals surface area contributed by atoms with Gasteiger partial charge in [-0.3, -0.25) is 4.79 Å². The van der Waals surface area contributed by atoms with Crippen LogP contribution in [0.15, 0.2) is 48.7 Å². The zero-order valence-corrected chi connectivity index (χ0v) is 12.2. The Hall–Kier alpha value is -2.62. The molecule has 0 saturated carbocycles. The van der Waals surface area contributed by atoms with Crippen LogP contribution in [-0.2, 0) is 0 Å². The molecule has 1 saturated heterocycles. The van der Waals surface area contributed by atoms with E-state index in [9.17, 15) is 4.79 Å². The first-order chi connectivity index (χ1) is 10.8. The average molecular weight is 291 g/mol. The number of rotatable bonds is 2. The van der Waals surface area contributed by atoms with Crippen molar-refractivity contribution in [2.75, 3.05) is 13.1 Å². The van der Waals surface area contributed by atoms with E-state index in [1.807, 2.05) is 41.3 Å². The van der Waals surface area contributed by atoms with Gasteiger partial charge < -0.3 is 9.88 Å². The molecule has 22 heavy (non-hydrogen) atoms. The Morgan fingerprint density at radius 1 is 1.09 bits per heavy atom. The van der Waals surface area contributed by atoms with Crippen LogP contribution in [0.2, 0.25) is 0 Å². The van der Waals surface area contributed by atoms with E-state index in [2.05, 4.69) is 16.0 Å². The minimum absolute atomic E-state index is 0.141. The van der Waals surface area contributed by atoms with Crippen molar-refractivity contribution in [1.29, 1.82) is 0 Å². The molecule has 0 unspecified atom stereocenters. The third-order valence-corrected chi connectivity index (χ3v) is 4.23. The second-order valence-electron chi connectivity index (χ2n) is 5.70. The van der Waals surface area contributed by atoms with Crippen molar-refractivity contribution in [2.45, 2.75) is 12.8 Å². The zero-order valence-electron chi connectivity index (χ0n) is 12.2. The largest absolute Gasteiger partial charge is 0.339 e. The van der Waals surface area contributed by atoms with Crippen molar-refractivity contribution in [3.8, 4) is 11.3 Å². The summed E-state index contributed by atoms with van der Waals surface area (Å²) >= 11 is 0. The summed E-state index contributed by atoms with van der Waals surface area (Å²) in [7, 11) is 0. The number of hydrogen-bond acceptors (Lipinski definition) is 2. The summed E-state index contributed by atoms with van der Waals surface area (Å²) < 4.78 is 0. The van der Waals surface area contributed by atoms with Crippen molar-refractivity contribution in [3.05, 3.63) is 54.2 Å². The molecule has 0 spiro atoms. The molecule has 1 aromatic carbocycles. The molecule has 0 radical (unpaired) electrons. The molecule has 1 amide bonds. The number of pyridine rings is 1. The number of carbonyl (C=O) groups is 1. The molecule has 1 fully saturated rings. The van der Waals surface area contributed by atoms with Crippen molar-refractivity contribution in [1.82, 2.24) is 14.9 Å². The fourth-order valence-corrected chi connectivity index (χ4v) is 3.01. The number of aromatic amines is 1. The predicted molar refractivity (Wildman–Crippen MR) is 86.7 cm³/mol. The zero-order chi connectivity index (χ0) is 14.9. The molecule has 4 rings (SSSR count). The van der Waals surface area contributed by atoms with E-state index in [-0.39, 0.29) is 5.91 Å². The van der Waals surface area contributed by atoms with Gasteiger partial charge in [0.15, 0.2) is 0 Å². The van der Waals surface area contributed by atoms with Gasteiger partial charge >= 0.3 is 0 Å². The summed E-state index contributed by atoms with van der Waals surface area (Å²) in [5, 5.41) is 1.09. The number of carbonyl (C=O) groups excluding carboxylic acids is 1. The number of aromatic nitrogens is 2. The monoisotopic (exact) mass is 291 g/mol. The van der Waals surface area contributed by atoms with Gasteiger partial charge in [-0.15, -0.1) is 0 Å². The second-order valence-corrected chi connectivity index (χ2v) is 5.70. The standard InChI is InChI=1S/C18H17N3O/c22-18(21-10-1-2-11-21)14-7-5-13(6-8-14)16-12-15-4-3-9-19-17(15)20-16/h3-9,12H,1-2,10-11H2,(H,19,20). The van der Waals surface area contributed by atoms with Gasteiger partial charge in [-0.1, -0.05) is 12.1 Å². The van der Waals surface area contributed by atoms with Gasteiger partial charge in [0.1, 0.15) is 5.65 Å². The highest BCUT2D eigenvalue weighted by molar-refractivity contribution is 5.95. The molecule has 4 nitrogen and oxygen atoms in total. The molecule has 0 atom stereocenters. The third kappa shape index (κ3) is 2.26. The fourth-order valence-electron chi connectivity index (χ4n) is 3.01. The highest BCUT2D eigenvalue weighted by atomic mass is 16.2. The molecule has 0 bridgehead atoms. The lowest BCUT2D eigenvalue weighted by atomic mass is 10.1. The van der Waals surface area contributed by atoms with Gasteiger partial charge in [0.2, 0.25) is 0 Å². The van der Waals surface area contributed by atoms with Gasteiger partial charge in [-0.2, -0.15) is 0 Å². The lowest BCUT2D eigenvalue weighted by Gasteiger charge is -2.15. The quantitative estimate of drug-likeness (QED) is 0.786. The van der Waals surface area contributed by atoms with E-state index in [1.165, 1.54) is 0 Å². The minimum Gasteiger partial charge on any atom is -0.339 e. The number of benzene rings is 1. The second kappa shape index (κ2) is 5.30. The van der Waals surface area contributed by atoms with Crippen LogP contribution >= 0.6 is 0 Å². The molecule has 1 aliphatic rings. The summed E-state index contributed by atoms with van der Waals surface area (Å²) in [5.41, 5.74) is 3.74. The lowest BCUT2D eigenvalue weighted by molar-refractivity contribution is 0.0793. The van der Waals surface area contributed by atoms with Gasteiger partial charge in [-0.25, -0.2) is 4.98 Å². The van der Waals surface area contributed by atoms with Gasteiger partial charge in [0, 0.05) is 35.9 Å². The molecule has 3 heterocycles. The molecule has 4 heteroatoms. The third-order valence-electron chi connectivity index (χ3n) is 4.23. The lowest BCUT2D eigenvalue weighted by Crippen LogP contribution is -2.27. The Labute approximate surface area is 128 Å². The number of amides is 1. The molecule has 1 N–H and O–H groups in total. The Kier molecular flexibility index (Phi) is 3.15. The molecule has 2 aromatic heterocycles. The summed E-state index contributed by atoms with van der Waals surface area (Å²) in [5.74, 6) is 0.141. The Balaban J connectivity index is 1.62. The Morgan fingerprint density at radius 2 is 1.86 bits per heavy atom. The van der Waals surface area contributed by atoms with Crippen LogP contribution in [0.3, 0.4) is 0 Å². The van der Waals surface area contributed by atoms with Crippen LogP contribution in [0.5, 0.6) is 0 Å². The number of H-pyrrole nitrogens is 1. The summed E-state index contributed by atoms with van der Waals surface area (Å²) in [4.78, 5) is 21.9. The topological polar surface area (TPSA) is 49.0 Å². The minimum atomic E-state index is 0.141. The van der Waals surface area contributed by atoms with Crippen LogP contribution in [0.25, 0.3) is 22.3 Å². The predicted octanol–water partition coefficient (Wildman–Crippen LogP) is 3.47. The van der Waals surface area contributed by atoms with E-state index < -0.39 is 0 Å². The Bertz CT molecular complexity index is 781. The van der Waals surface area contributed by atoms with E-state index in [0.29, 0.717) is 0 Å². The van der Waals surface area contributed by atoms with Crippen LogP contribution in [-0.4, -0.2) is 33.9 Å². The van der Waals surface area contributed by atoms with E-state index in [0.717, 1.165) is 53.8 Å². The maximum absolute atomic E-state index is 12.3. The summed E-state index contributed by atoms with van der Waals surface area (Å²) in [6.07, 6.45) is 4.01. The maximum Gasteiger partial charge on any atom is 0.253 e. The highest BCUT2D eigenvalue weighted by Gasteiger charge is 2.19. The molecule has 0 aliphatic carbocycles. The number of nitrogens with zero attached hydrogens (tertiary/aromatic N) is 2. The van der Waals surface area contributed by atoms with E-state index in [4.69, 9.17) is 0 Å². The number of likely N-dealkylation sites (tertiary alicyclic amines) is 1. The first kappa shape index (κ1) is 13.1.